The zero-order valence-electron chi connectivity index (χ0n) is 14.8. The molecule has 8 nitrogen and oxygen atoms in total. The summed E-state index contributed by atoms with van der Waals surface area (Å²) in [5.41, 5.74) is -0.846. The van der Waals surface area contributed by atoms with Crippen molar-refractivity contribution >= 4 is 11.9 Å². The second kappa shape index (κ2) is 7.58. The van der Waals surface area contributed by atoms with Gasteiger partial charge in [0.1, 0.15) is 0 Å². The van der Waals surface area contributed by atoms with Gasteiger partial charge < -0.3 is 14.7 Å². The first-order chi connectivity index (χ1) is 13.2. The molecule has 1 saturated heterocycles. The van der Waals surface area contributed by atoms with Gasteiger partial charge in [0, 0.05) is 19.7 Å². The summed E-state index contributed by atoms with van der Waals surface area (Å²) in [7, 11) is 1.47. The lowest BCUT2D eigenvalue weighted by molar-refractivity contribution is -0.138. The number of carboxylic acids is 1. The van der Waals surface area contributed by atoms with Crippen molar-refractivity contribution in [3.8, 4) is 5.69 Å². The number of amides is 1. The maximum absolute atomic E-state index is 12.9. The lowest BCUT2D eigenvalue weighted by Crippen LogP contribution is -2.37. The Bertz CT molecular complexity index is 883. The molecule has 150 valence electrons. The molecule has 1 amide bonds. The molecule has 11 heteroatoms. The summed E-state index contributed by atoms with van der Waals surface area (Å²) in [6.07, 6.45) is -3.46. The number of methoxy groups -OCH3 is 1. The molecule has 1 aromatic heterocycles. The number of carboxylic acid groups (broad SMARTS) is 1. The highest BCUT2D eigenvalue weighted by Crippen LogP contribution is 2.30. The Morgan fingerprint density at radius 2 is 2.11 bits per heavy atom. The van der Waals surface area contributed by atoms with Gasteiger partial charge in [0.05, 0.1) is 30.0 Å². The fourth-order valence-corrected chi connectivity index (χ4v) is 3.15. The van der Waals surface area contributed by atoms with Crippen molar-refractivity contribution in [2.45, 2.75) is 31.2 Å². The Labute approximate surface area is 157 Å². The van der Waals surface area contributed by atoms with Gasteiger partial charge in [0.2, 0.25) is 0 Å². The predicted molar refractivity (Wildman–Crippen MR) is 88.9 cm³/mol. The number of aromatic nitrogens is 3. The van der Waals surface area contributed by atoms with Crippen LogP contribution in [0.3, 0.4) is 0 Å². The second-order valence-electron chi connectivity index (χ2n) is 6.40. The van der Waals surface area contributed by atoms with Gasteiger partial charge >= 0.3 is 12.1 Å². The van der Waals surface area contributed by atoms with E-state index in [1.54, 1.807) is 0 Å². The lowest BCUT2D eigenvalue weighted by atomic mass is 10.1. The molecule has 3 rings (SSSR count). The van der Waals surface area contributed by atoms with E-state index in [4.69, 9.17) is 9.84 Å². The number of rotatable bonds is 5. The molecule has 0 radical (unpaired) electrons. The normalized spacial score (nSPS) is 19.8. The van der Waals surface area contributed by atoms with E-state index in [1.165, 1.54) is 30.3 Å². The summed E-state index contributed by atoms with van der Waals surface area (Å²) < 4.78 is 44.9. The van der Waals surface area contributed by atoms with Crippen LogP contribution in [0, 0.1) is 0 Å². The first-order valence-corrected chi connectivity index (χ1v) is 8.34. The predicted octanol–water partition coefficient (Wildman–Crippen LogP) is 1.99. The summed E-state index contributed by atoms with van der Waals surface area (Å²) in [5, 5.41) is 16.5. The average molecular weight is 398 g/mol. The lowest BCUT2D eigenvalue weighted by Gasteiger charge is -2.21. The number of alkyl halides is 3. The van der Waals surface area contributed by atoms with Crippen LogP contribution in [0.4, 0.5) is 13.2 Å². The molecular weight excluding hydrogens is 381 g/mol. The molecule has 1 aliphatic rings. The van der Waals surface area contributed by atoms with Crippen molar-refractivity contribution < 1.29 is 32.6 Å². The van der Waals surface area contributed by atoms with Gasteiger partial charge in [0.15, 0.2) is 5.69 Å². The molecule has 28 heavy (non-hydrogen) atoms. The summed E-state index contributed by atoms with van der Waals surface area (Å²) in [6.45, 7) is 0.198. The highest BCUT2D eigenvalue weighted by molar-refractivity contribution is 5.92. The van der Waals surface area contributed by atoms with Crippen molar-refractivity contribution in [2.75, 3.05) is 13.7 Å². The SMILES string of the molecule is COC1CC(CC(=O)O)N(C(=O)c2cn(-c3cccc(C(F)(F)F)c3)nn2)C1. The number of aliphatic carboxylic acids is 1. The fraction of sp³-hybridized carbons (Fsp3) is 0.412. The van der Waals surface area contributed by atoms with Crippen LogP contribution in [0.2, 0.25) is 0 Å². The maximum atomic E-state index is 12.9. The summed E-state index contributed by atoms with van der Waals surface area (Å²) in [4.78, 5) is 25.2. The van der Waals surface area contributed by atoms with Crippen molar-refractivity contribution in [2.24, 2.45) is 0 Å². The van der Waals surface area contributed by atoms with E-state index in [2.05, 4.69) is 10.3 Å². The third kappa shape index (κ3) is 4.14. The first-order valence-electron chi connectivity index (χ1n) is 8.34. The van der Waals surface area contributed by atoms with Crippen molar-refractivity contribution in [3.05, 3.63) is 41.7 Å². The number of hydrogen-bond acceptors (Lipinski definition) is 5. The minimum absolute atomic E-state index is 0.0930. The topological polar surface area (TPSA) is 97.6 Å². The van der Waals surface area contributed by atoms with Gasteiger partial charge in [0.25, 0.3) is 5.91 Å². The highest BCUT2D eigenvalue weighted by Gasteiger charge is 2.38. The minimum atomic E-state index is -4.51. The molecule has 2 aromatic rings. The molecular formula is C17H17F3N4O4. The molecule has 0 spiro atoms. The van der Waals surface area contributed by atoms with Crippen molar-refractivity contribution in [1.82, 2.24) is 19.9 Å². The van der Waals surface area contributed by atoms with Gasteiger partial charge in [-0.05, 0) is 24.6 Å². The zero-order chi connectivity index (χ0) is 20.5. The third-order valence-electron chi connectivity index (χ3n) is 4.53. The number of ether oxygens (including phenoxy) is 1. The molecule has 1 N–H and O–H groups in total. The number of hydrogen-bond donors (Lipinski definition) is 1. The molecule has 0 saturated carbocycles. The maximum Gasteiger partial charge on any atom is 0.416 e. The van der Waals surface area contributed by atoms with E-state index in [9.17, 15) is 22.8 Å². The Hall–Kier alpha value is -2.95. The monoisotopic (exact) mass is 398 g/mol. The Kier molecular flexibility index (Phi) is 5.36. The van der Waals surface area contributed by atoms with Crippen LogP contribution in [0.1, 0.15) is 28.9 Å². The quantitative estimate of drug-likeness (QED) is 0.827. The average Bonchev–Trinajstić information content (AvgIpc) is 3.27. The Morgan fingerprint density at radius 1 is 1.36 bits per heavy atom. The van der Waals surface area contributed by atoms with Crippen molar-refractivity contribution in [1.29, 1.82) is 0 Å². The molecule has 2 heterocycles. The number of carbonyl (C=O) groups is 2. The van der Waals surface area contributed by atoms with Crippen LogP contribution < -0.4 is 0 Å². The molecule has 1 aromatic carbocycles. The number of halogens is 3. The van der Waals surface area contributed by atoms with Crippen LogP contribution in [-0.2, 0) is 15.7 Å². The zero-order valence-corrected chi connectivity index (χ0v) is 14.8. The van der Waals surface area contributed by atoms with Crippen LogP contribution >= 0.6 is 0 Å². The van der Waals surface area contributed by atoms with E-state index in [0.717, 1.165) is 16.8 Å². The molecule has 0 aliphatic carbocycles. The van der Waals surface area contributed by atoms with Gasteiger partial charge in [-0.25, -0.2) is 4.68 Å². The standard InChI is InChI=1S/C17H17F3N4O4/c1-28-13-6-12(7-15(25)26)23(8-13)16(27)14-9-24(22-21-14)11-4-2-3-10(5-11)17(18,19)20/h2-5,9,12-13H,6-8H2,1H3,(H,25,26). The molecule has 2 unspecified atom stereocenters. The molecule has 1 fully saturated rings. The summed E-state index contributed by atoms with van der Waals surface area (Å²) in [5.74, 6) is -1.60. The van der Waals surface area contributed by atoms with Crippen LogP contribution in [0.25, 0.3) is 5.69 Å². The Morgan fingerprint density at radius 3 is 2.75 bits per heavy atom. The smallest absolute Gasteiger partial charge is 0.416 e. The van der Waals surface area contributed by atoms with Gasteiger partial charge in [-0.15, -0.1) is 5.10 Å². The number of carbonyl (C=O) groups excluding carboxylic acids is 1. The number of nitrogens with zero attached hydrogens (tertiary/aromatic N) is 4. The first kappa shape index (κ1) is 19.8. The Balaban J connectivity index is 1.83. The summed E-state index contributed by atoms with van der Waals surface area (Å²) in [6, 6.07) is 3.90. The van der Waals surface area contributed by atoms with E-state index in [-0.39, 0.29) is 30.5 Å². The minimum Gasteiger partial charge on any atom is -0.481 e. The van der Waals surface area contributed by atoms with Crippen LogP contribution in [0.5, 0.6) is 0 Å². The van der Waals surface area contributed by atoms with Crippen molar-refractivity contribution in [3.63, 3.8) is 0 Å². The summed E-state index contributed by atoms with van der Waals surface area (Å²) >= 11 is 0. The highest BCUT2D eigenvalue weighted by atomic mass is 19.4. The number of benzene rings is 1. The molecule has 0 bridgehead atoms. The van der Waals surface area contributed by atoms with Gasteiger partial charge in [-0.3, -0.25) is 9.59 Å². The van der Waals surface area contributed by atoms with E-state index in [1.807, 2.05) is 0 Å². The van der Waals surface area contributed by atoms with E-state index < -0.39 is 29.7 Å². The van der Waals surface area contributed by atoms with E-state index in [0.29, 0.717) is 6.42 Å². The van der Waals surface area contributed by atoms with Crippen LogP contribution in [-0.4, -0.2) is 62.7 Å². The van der Waals surface area contributed by atoms with Gasteiger partial charge in [-0.2, -0.15) is 13.2 Å². The van der Waals surface area contributed by atoms with Crippen LogP contribution in [0.15, 0.2) is 30.5 Å². The fourth-order valence-electron chi connectivity index (χ4n) is 3.15. The molecule has 2 atom stereocenters. The van der Waals surface area contributed by atoms with Gasteiger partial charge in [-0.1, -0.05) is 11.3 Å². The molecule has 1 aliphatic heterocycles. The second-order valence-corrected chi connectivity index (χ2v) is 6.40. The van der Waals surface area contributed by atoms with E-state index >= 15 is 0 Å². The number of likely N-dealkylation sites (tertiary alicyclic amines) is 1. The third-order valence-corrected chi connectivity index (χ3v) is 4.53. The largest absolute Gasteiger partial charge is 0.481 e.